The zero-order chi connectivity index (χ0) is 16.3. The van der Waals surface area contributed by atoms with Gasteiger partial charge in [0.15, 0.2) is 0 Å². The van der Waals surface area contributed by atoms with Crippen LogP contribution in [-0.4, -0.2) is 76.0 Å². The second-order valence-electron chi connectivity index (χ2n) is 6.15. The largest absolute Gasteiger partial charge is 0.392 e. The van der Waals surface area contributed by atoms with Crippen LogP contribution in [0.3, 0.4) is 0 Å². The highest BCUT2D eigenvalue weighted by Gasteiger charge is 2.31. The Kier molecular flexibility index (Phi) is 9.84. The van der Waals surface area contributed by atoms with E-state index in [1.165, 1.54) is 0 Å². The van der Waals surface area contributed by atoms with Gasteiger partial charge < -0.3 is 15.3 Å². The van der Waals surface area contributed by atoms with Crippen molar-refractivity contribution in [2.24, 2.45) is 7.05 Å². The molecule has 1 aliphatic heterocycles. The first-order valence-electron chi connectivity index (χ1n) is 7.79. The van der Waals surface area contributed by atoms with Gasteiger partial charge in [-0.05, 0) is 20.9 Å². The van der Waals surface area contributed by atoms with Crippen molar-refractivity contribution in [3.8, 4) is 0 Å². The Balaban J connectivity index is 0.00000264. The molecule has 0 spiro atoms. The number of nitrogens with one attached hydrogen (secondary N) is 1. The summed E-state index contributed by atoms with van der Waals surface area (Å²) in [6, 6.07) is -0.108. The highest BCUT2D eigenvalue weighted by Crippen LogP contribution is 2.18. The molecule has 1 fully saturated rings. The Hall–Kier alpha value is -0.860. The summed E-state index contributed by atoms with van der Waals surface area (Å²) >= 11 is 0. The number of piperazine rings is 1. The molecule has 9 heteroatoms. The van der Waals surface area contributed by atoms with E-state index < -0.39 is 0 Å². The van der Waals surface area contributed by atoms with Gasteiger partial charge in [0.2, 0.25) is 5.91 Å². The van der Waals surface area contributed by atoms with Crippen LogP contribution in [0.5, 0.6) is 0 Å². The number of aromatic nitrogens is 2. The number of carbonyl (C=O) groups excluding carboxylic acids is 1. The summed E-state index contributed by atoms with van der Waals surface area (Å²) in [5.41, 5.74) is 0.883. The number of aliphatic hydroxyl groups excluding tert-OH is 1. The Bertz CT molecular complexity index is 512. The number of likely N-dealkylation sites (N-methyl/N-ethyl adjacent to an activating group) is 1. The molecule has 3 atom stereocenters. The van der Waals surface area contributed by atoms with E-state index in [2.05, 4.69) is 22.2 Å². The van der Waals surface area contributed by atoms with Crippen molar-refractivity contribution in [1.29, 1.82) is 0 Å². The van der Waals surface area contributed by atoms with Gasteiger partial charge in [0.05, 0.1) is 12.3 Å². The molecule has 2 N–H and O–H groups in total. The minimum Gasteiger partial charge on any atom is -0.392 e. The molecule has 1 amide bonds. The molecule has 7 nitrogen and oxygen atoms in total. The molecule has 1 saturated heterocycles. The Morgan fingerprint density at radius 3 is 2.58 bits per heavy atom. The van der Waals surface area contributed by atoms with E-state index in [9.17, 15) is 9.90 Å². The first-order chi connectivity index (χ1) is 10.4. The zero-order valence-corrected chi connectivity index (χ0v) is 16.3. The van der Waals surface area contributed by atoms with Crippen molar-refractivity contribution in [2.45, 2.75) is 32.0 Å². The number of aryl methyl sites for hydroxylation is 1. The summed E-state index contributed by atoms with van der Waals surface area (Å²) < 4.78 is 1.70. The molecule has 0 aromatic carbocycles. The van der Waals surface area contributed by atoms with Gasteiger partial charge in [0, 0.05) is 51.0 Å². The third-order valence-electron chi connectivity index (χ3n) is 4.17. The number of hydrogen-bond donors (Lipinski definition) is 2. The second-order valence-corrected chi connectivity index (χ2v) is 6.15. The summed E-state index contributed by atoms with van der Waals surface area (Å²) in [4.78, 5) is 16.9. The molecular formula is C15H29Cl2N5O2. The van der Waals surface area contributed by atoms with Crippen LogP contribution >= 0.6 is 24.8 Å². The van der Waals surface area contributed by atoms with E-state index in [1.807, 2.05) is 18.1 Å². The van der Waals surface area contributed by atoms with Gasteiger partial charge in [0.1, 0.15) is 6.04 Å². The Morgan fingerprint density at radius 1 is 1.46 bits per heavy atom. The second kappa shape index (κ2) is 10.2. The fourth-order valence-corrected chi connectivity index (χ4v) is 3.01. The number of aliphatic hydroxyl groups is 1. The minimum atomic E-state index is -0.357. The van der Waals surface area contributed by atoms with E-state index in [1.54, 1.807) is 24.9 Å². The average molecular weight is 382 g/mol. The summed E-state index contributed by atoms with van der Waals surface area (Å²) in [7, 11) is 3.64. The van der Waals surface area contributed by atoms with Gasteiger partial charge in [-0.15, -0.1) is 24.8 Å². The fourth-order valence-electron chi connectivity index (χ4n) is 3.01. The molecule has 0 radical (unpaired) electrons. The molecule has 3 unspecified atom stereocenters. The highest BCUT2D eigenvalue weighted by molar-refractivity contribution is 5.85. The van der Waals surface area contributed by atoms with Crippen LogP contribution in [0.15, 0.2) is 12.4 Å². The van der Waals surface area contributed by atoms with Crippen molar-refractivity contribution >= 4 is 30.7 Å². The molecular weight excluding hydrogens is 353 g/mol. The van der Waals surface area contributed by atoms with Crippen LogP contribution in [0, 0.1) is 0 Å². The van der Waals surface area contributed by atoms with Crippen LogP contribution in [-0.2, 0) is 11.8 Å². The third kappa shape index (κ3) is 5.60. The van der Waals surface area contributed by atoms with E-state index in [0.29, 0.717) is 19.6 Å². The molecule has 2 rings (SSSR count). The van der Waals surface area contributed by atoms with Crippen LogP contribution < -0.4 is 5.32 Å². The predicted octanol–water partition coefficient (Wildman–Crippen LogP) is 0.438. The number of amides is 1. The third-order valence-corrected chi connectivity index (χ3v) is 4.17. The monoisotopic (exact) mass is 381 g/mol. The van der Waals surface area contributed by atoms with Gasteiger partial charge in [-0.1, -0.05) is 0 Å². The molecule has 140 valence electrons. The standard InChI is InChI=1S/C15H27N5O2.2ClH/c1-11-8-20(6-5-19(11)9-12(2)21)15(22)14(16-3)13-7-17-18(4)10-13;;/h7,10-12,14,16,21H,5-6,8-9H2,1-4H3;2*1H. The van der Waals surface area contributed by atoms with Crippen molar-refractivity contribution < 1.29 is 9.90 Å². The van der Waals surface area contributed by atoms with Crippen molar-refractivity contribution in [3.63, 3.8) is 0 Å². The molecule has 0 saturated carbocycles. The lowest BCUT2D eigenvalue weighted by molar-refractivity contribution is -0.136. The Labute approximate surface area is 156 Å². The lowest BCUT2D eigenvalue weighted by Crippen LogP contribution is -2.56. The average Bonchev–Trinajstić information content (AvgIpc) is 2.87. The lowest BCUT2D eigenvalue weighted by Gasteiger charge is -2.41. The molecule has 0 bridgehead atoms. The number of carbonyl (C=O) groups is 1. The first kappa shape index (κ1) is 23.1. The maximum Gasteiger partial charge on any atom is 0.244 e. The number of β-amino-alcohol motifs (C(OH)–C–C–N with tert-alkyl or cyclic N) is 1. The summed E-state index contributed by atoms with van der Waals surface area (Å²) in [6.07, 6.45) is 3.25. The molecule has 24 heavy (non-hydrogen) atoms. The molecule has 1 aliphatic rings. The van der Waals surface area contributed by atoms with Crippen molar-refractivity contribution in [2.75, 3.05) is 33.2 Å². The fraction of sp³-hybridized carbons (Fsp3) is 0.733. The van der Waals surface area contributed by atoms with E-state index in [0.717, 1.165) is 12.1 Å². The molecule has 0 aliphatic carbocycles. The van der Waals surface area contributed by atoms with Crippen LogP contribution in [0.4, 0.5) is 0 Å². The number of nitrogens with zero attached hydrogens (tertiary/aromatic N) is 4. The SMILES string of the molecule is CNC(C(=O)N1CCN(CC(C)O)C(C)C1)c1cnn(C)c1.Cl.Cl. The van der Waals surface area contributed by atoms with E-state index >= 15 is 0 Å². The quantitative estimate of drug-likeness (QED) is 0.773. The van der Waals surface area contributed by atoms with Gasteiger partial charge >= 0.3 is 0 Å². The summed E-state index contributed by atoms with van der Waals surface area (Å²) in [6.45, 7) is 6.71. The van der Waals surface area contributed by atoms with Crippen LogP contribution in [0.25, 0.3) is 0 Å². The predicted molar refractivity (Wildman–Crippen MR) is 98.8 cm³/mol. The van der Waals surface area contributed by atoms with Gasteiger partial charge in [-0.3, -0.25) is 14.4 Å². The van der Waals surface area contributed by atoms with Crippen LogP contribution in [0.1, 0.15) is 25.5 Å². The van der Waals surface area contributed by atoms with Crippen molar-refractivity contribution in [1.82, 2.24) is 24.9 Å². The number of rotatable bonds is 5. The molecule has 1 aromatic rings. The summed E-state index contributed by atoms with van der Waals surface area (Å²) in [5, 5.41) is 16.8. The lowest BCUT2D eigenvalue weighted by atomic mass is 10.1. The van der Waals surface area contributed by atoms with Crippen molar-refractivity contribution in [3.05, 3.63) is 18.0 Å². The number of hydrogen-bond acceptors (Lipinski definition) is 5. The molecule has 1 aromatic heterocycles. The normalized spacial score (nSPS) is 20.7. The smallest absolute Gasteiger partial charge is 0.244 e. The maximum absolute atomic E-state index is 12.8. The summed E-state index contributed by atoms with van der Waals surface area (Å²) in [5.74, 6) is 0.0825. The van der Waals surface area contributed by atoms with Crippen LogP contribution in [0.2, 0.25) is 0 Å². The van der Waals surface area contributed by atoms with E-state index in [4.69, 9.17) is 0 Å². The maximum atomic E-state index is 12.8. The van der Waals surface area contributed by atoms with Gasteiger partial charge in [0.25, 0.3) is 0 Å². The molecule has 2 heterocycles. The Morgan fingerprint density at radius 2 is 2.12 bits per heavy atom. The first-order valence-corrected chi connectivity index (χ1v) is 7.79. The minimum absolute atomic E-state index is 0. The topological polar surface area (TPSA) is 73.6 Å². The zero-order valence-electron chi connectivity index (χ0n) is 14.7. The van der Waals surface area contributed by atoms with Gasteiger partial charge in [-0.2, -0.15) is 5.10 Å². The van der Waals surface area contributed by atoms with E-state index in [-0.39, 0.29) is 48.9 Å². The van der Waals surface area contributed by atoms with Gasteiger partial charge in [-0.25, -0.2) is 0 Å². The number of halogens is 2. The highest BCUT2D eigenvalue weighted by atomic mass is 35.5.